The zero-order valence-corrected chi connectivity index (χ0v) is 9.43. The van der Waals surface area contributed by atoms with E-state index in [0.717, 1.165) is 25.0 Å². The Morgan fingerprint density at radius 1 is 1.60 bits per heavy atom. The molecule has 0 unspecified atom stereocenters. The average Bonchev–Trinajstić information content (AvgIpc) is 2.85. The van der Waals surface area contributed by atoms with Crippen LogP contribution in [0.5, 0.6) is 0 Å². The number of aryl methyl sites for hydroxylation is 1. The van der Waals surface area contributed by atoms with Gasteiger partial charge in [-0.1, -0.05) is 6.92 Å². The highest BCUT2D eigenvalue weighted by molar-refractivity contribution is 6.19. The van der Waals surface area contributed by atoms with Crippen molar-refractivity contribution >= 4 is 17.5 Å². The number of halogens is 1. The van der Waals surface area contributed by atoms with Gasteiger partial charge in [-0.05, 0) is 25.0 Å². The van der Waals surface area contributed by atoms with Crippen LogP contribution >= 0.6 is 11.6 Å². The maximum Gasteiger partial charge on any atom is 0.287 e. The van der Waals surface area contributed by atoms with Crippen molar-refractivity contribution in [1.82, 2.24) is 5.32 Å². The SMILES string of the molecule is CCc1ccc(C(=O)NC2(CCl)CC2)o1. The summed E-state index contributed by atoms with van der Waals surface area (Å²) < 4.78 is 5.36. The van der Waals surface area contributed by atoms with Crippen molar-refractivity contribution in [2.75, 3.05) is 5.88 Å². The van der Waals surface area contributed by atoms with E-state index in [9.17, 15) is 4.79 Å². The predicted octanol–water partition coefficient (Wildman–Crippen LogP) is 2.34. The lowest BCUT2D eigenvalue weighted by molar-refractivity contribution is 0.0906. The lowest BCUT2D eigenvalue weighted by Crippen LogP contribution is -2.38. The Morgan fingerprint density at radius 3 is 2.80 bits per heavy atom. The third-order valence-electron chi connectivity index (χ3n) is 2.72. The molecule has 1 N–H and O–H groups in total. The number of hydrogen-bond acceptors (Lipinski definition) is 2. The summed E-state index contributed by atoms with van der Waals surface area (Å²) in [7, 11) is 0. The molecule has 2 rings (SSSR count). The van der Waals surface area contributed by atoms with Gasteiger partial charge in [0.25, 0.3) is 5.91 Å². The highest BCUT2D eigenvalue weighted by atomic mass is 35.5. The number of furan rings is 1. The van der Waals surface area contributed by atoms with Gasteiger partial charge in [-0.15, -0.1) is 11.6 Å². The molecule has 3 nitrogen and oxygen atoms in total. The molecular weight excluding hydrogens is 214 g/mol. The predicted molar refractivity (Wildman–Crippen MR) is 58.2 cm³/mol. The summed E-state index contributed by atoms with van der Waals surface area (Å²) in [5.74, 6) is 1.52. The van der Waals surface area contributed by atoms with Crippen molar-refractivity contribution in [2.45, 2.75) is 31.7 Å². The zero-order chi connectivity index (χ0) is 10.9. The van der Waals surface area contributed by atoms with E-state index in [1.54, 1.807) is 6.07 Å². The number of hydrogen-bond donors (Lipinski definition) is 1. The molecule has 1 aliphatic carbocycles. The summed E-state index contributed by atoms with van der Waals surface area (Å²) in [6.45, 7) is 1.99. The van der Waals surface area contributed by atoms with E-state index in [1.807, 2.05) is 13.0 Å². The lowest BCUT2D eigenvalue weighted by atomic mass is 10.3. The van der Waals surface area contributed by atoms with Crippen molar-refractivity contribution in [1.29, 1.82) is 0 Å². The molecule has 1 aromatic heterocycles. The Kier molecular flexibility index (Phi) is 2.74. The topological polar surface area (TPSA) is 42.2 Å². The van der Waals surface area contributed by atoms with Crippen LogP contribution in [0.2, 0.25) is 0 Å². The second-order valence-corrected chi connectivity index (χ2v) is 4.25. The first-order valence-corrected chi connectivity index (χ1v) is 5.70. The van der Waals surface area contributed by atoms with Crippen LogP contribution < -0.4 is 5.32 Å². The third kappa shape index (κ3) is 2.17. The monoisotopic (exact) mass is 227 g/mol. The van der Waals surface area contributed by atoms with E-state index >= 15 is 0 Å². The highest BCUT2D eigenvalue weighted by Crippen LogP contribution is 2.36. The Bertz CT molecular complexity index is 368. The van der Waals surface area contributed by atoms with E-state index in [-0.39, 0.29) is 11.4 Å². The normalized spacial score (nSPS) is 17.5. The number of amides is 1. The fourth-order valence-electron chi connectivity index (χ4n) is 1.44. The third-order valence-corrected chi connectivity index (χ3v) is 3.23. The molecule has 0 saturated heterocycles. The van der Waals surface area contributed by atoms with E-state index in [2.05, 4.69) is 5.32 Å². The first-order chi connectivity index (χ1) is 7.19. The number of carbonyl (C=O) groups is 1. The molecule has 1 aromatic rings. The van der Waals surface area contributed by atoms with Gasteiger partial charge >= 0.3 is 0 Å². The number of rotatable bonds is 4. The minimum absolute atomic E-state index is 0.159. The van der Waals surface area contributed by atoms with Gasteiger partial charge in [-0.2, -0.15) is 0 Å². The molecule has 82 valence electrons. The minimum Gasteiger partial charge on any atom is -0.456 e. The van der Waals surface area contributed by atoms with Gasteiger partial charge in [0.15, 0.2) is 5.76 Å². The van der Waals surface area contributed by atoms with Crippen LogP contribution in [-0.4, -0.2) is 17.3 Å². The quantitative estimate of drug-likeness (QED) is 0.803. The van der Waals surface area contributed by atoms with Crippen molar-refractivity contribution in [3.63, 3.8) is 0 Å². The van der Waals surface area contributed by atoms with Crippen LogP contribution in [0.1, 0.15) is 36.1 Å². The van der Waals surface area contributed by atoms with Crippen molar-refractivity contribution < 1.29 is 9.21 Å². The van der Waals surface area contributed by atoms with Crippen LogP contribution in [0.4, 0.5) is 0 Å². The van der Waals surface area contributed by atoms with Crippen LogP contribution in [0.15, 0.2) is 16.5 Å². The molecule has 0 atom stereocenters. The average molecular weight is 228 g/mol. The second-order valence-electron chi connectivity index (χ2n) is 3.99. The lowest BCUT2D eigenvalue weighted by Gasteiger charge is -2.12. The van der Waals surface area contributed by atoms with Crippen LogP contribution in [0.3, 0.4) is 0 Å². The first-order valence-electron chi connectivity index (χ1n) is 5.16. The minimum atomic E-state index is -0.169. The van der Waals surface area contributed by atoms with Gasteiger partial charge in [0.1, 0.15) is 5.76 Å². The molecule has 0 aromatic carbocycles. The molecule has 0 bridgehead atoms. The molecule has 0 radical (unpaired) electrons. The van der Waals surface area contributed by atoms with E-state index in [4.69, 9.17) is 16.0 Å². The molecule has 1 aliphatic rings. The maximum absolute atomic E-state index is 11.7. The first kappa shape index (κ1) is 10.6. The molecule has 1 heterocycles. The Hall–Kier alpha value is -0.960. The smallest absolute Gasteiger partial charge is 0.287 e. The van der Waals surface area contributed by atoms with E-state index in [1.165, 1.54) is 0 Å². The van der Waals surface area contributed by atoms with Crippen molar-refractivity contribution in [3.05, 3.63) is 23.7 Å². The van der Waals surface area contributed by atoms with Gasteiger partial charge < -0.3 is 9.73 Å². The molecule has 0 spiro atoms. The van der Waals surface area contributed by atoms with Gasteiger partial charge in [0.2, 0.25) is 0 Å². The molecule has 15 heavy (non-hydrogen) atoms. The summed E-state index contributed by atoms with van der Waals surface area (Å²) in [6, 6.07) is 3.54. The second kappa shape index (κ2) is 3.89. The summed E-state index contributed by atoms with van der Waals surface area (Å²) in [6.07, 6.45) is 2.72. The van der Waals surface area contributed by atoms with Crippen molar-refractivity contribution in [2.24, 2.45) is 0 Å². The Labute approximate surface area is 93.8 Å². The standard InChI is InChI=1S/C11H14ClNO2/c1-2-8-3-4-9(15-8)10(14)13-11(7-12)5-6-11/h3-4H,2,5-7H2,1H3,(H,13,14). The molecule has 4 heteroatoms. The largest absolute Gasteiger partial charge is 0.456 e. The molecule has 1 saturated carbocycles. The fraction of sp³-hybridized carbons (Fsp3) is 0.545. The Balaban J connectivity index is 2.01. The molecular formula is C11H14ClNO2. The highest BCUT2D eigenvalue weighted by Gasteiger charge is 2.43. The van der Waals surface area contributed by atoms with Gasteiger partial charge in [0, 0.05) is 12.3 Å². The Morgan fingerprint density at radius 2 is 2.33 bits per heavy atom. The van der Waals surface area contributed by atoms with E-state index < -0.39 is 0 Å². The molecule has 0 aliphatic heterocycles. The van der Waals surface area contributed by atoms with Crippen LogP contribution in [0, 0.1) is 0 Å². The summed E-state index contributed by atoms with van der Waals surface area (Å²) in [4.78, 5) is 11.7. The summed E-state index contributed by atoms with van der Waals surface area (Å²) in [5, 5.41) is 2.91. The van der Waals surface area contributed by atoms with Gasteiger partial charge in [0.05, 0.1) is 5.54 Å². The number of alkyl halides is 1. The zero-order valence-electron chi connectivity index (χ0n) is 8.68. The summed E-state index contributed by atoms with van der Waals surface area (Å²) in [5.41, 5.74) is -0.169. The van der Waals surface area contributed by atoms with Gasteiger partial charge in [-0.3, -0.25) is 4.79 Å². The van der Waals surface area contributed by atoms with Crippen LogP contribution in [-0.2, 0) is 6.42 Å². The molecule has 1 fully saturated rings. The number of nitrogens with one attached hydrogen (secondary N) is 1. The van der Waals surface area contributed by atoms with Crippen molar-refractivity contribution in [3.8, 4) is 0 Å². The number of carbonyl (C=O) groups excluding carboxylic acids is 1. The fourth-order valence-corrected chi connectivity index (χ4v) is 1.77. The van der Waals surface area contributed by atoms with Crippen LogP contribution in [0.25, 0.3) is 0 Å². The molecule has 1 amide bonds. The van der Waals surface area contributed by atoms with E-state index in [0.29, 0.717) is 11.6 Å². The summed E-state index contributed by atoms with van der Waals surface area (Å²) >= 11 is 5.77. The maximum atomic E-state index is 11.7. The van der Waals surface area contributed by atoms with Gasteiger partial charge in [-0.25, -0.2) is 0 Å².